The number of hydrogen-bond acceptors (Lipinski definition) is 3. The molecule has 0 aliphatic carbocycles. The summed E-state index contributed by atoms with van der Waals surface area (Å²) >= 11 is 0. The average molecular weight is 193 g/mol. The van der Waals surface area contributed by atoms with Gasteiger partial charge in [-0.15, -0.1) is 0 Å². The lowest BCUT2D eigenvalue weighted by Crippen LogP contribution is -2.36. The van der Waals surface area contributed by atoms with Crippen molar-refractivity contribution >= 4 is 15.8 Å². The Hall–Kier alpha value is -0.780. The van der Waals surface area contributed by atoms with Crippen LogP contribution in [0.4, 0.5) is 0 Å². The Balaban J connectivity index is 4.57. The lowest BCUT2D eigenvalue weighted by atomic mass is 10.2. The van der Waals surface area contributed by atoms with Crippen LogP contribution >= 0.6 is 0 Å². The molecule has 0 amide bonds. The van der Waals surface area contributed by atoms with E-state index in [1.807, 2.05) is 0 Å². The topological polar surface area (TPSA) is 98.5 Å². The fourth-order valence-corrected chi connectivity index (χ4v) is 0.698. The van der Waals surface area contributed by atoms with Crippen LogP contribution in [0.2, 0.25) is 0 Å². The van der Waals surface area contributed by atoms with Crippen LogP contribution in [-0.2, 0) is 9.84 Å². The Kier molecular flexibility index (Phi) is 3.09. The number of rotatable bonds is 3. The maximum Gasteiger partial charge on any atom is 0.185 e. The number of sulfone groups is 1. The van der Waals surface area contributed by atoms with E-state index in [0.717, 1.165) is 6.26 Å². The summed E-state index contributed by atoms with van der Waals surface area (Å²) in [4.78, 5) is 3.66. The van der Waals surface area contributed by atoms with E-state index in [1.54, 1.807) is 13.8 Å². The zero-order valence-corrected chi connectivity index (χ0v) is 8.35. The molecule has 12 heavy (non-hydrogen) atoms. The van der Waals surface area contributed by atoms with Gasteiger partial charge in [0.2, 0.25) is 0 Å². The van der Waals surface area contributed by atoms with Gasteiger partial charge < -0.3 is 11.5 Å². The van der Waals surface area contributed by atoms with Crippen LogP contribution in [0.5, 0.6) is 0 Å². The molecule has 5 nitrogen and oxygen atoms in total. The summed E-state index contributed by atoms with van der Waals surface area (Å²) in [7, 11) is -3.12. The first-order chi connectivity index (χ1) is 5.17. The van der Waals surface area contributed by atoms with Crippen LogP contribution in [0.15, 0.2) is 4.99 Å². The second-order valence-electron chi connectivity index (χ2n) is 3.27. The molecule has 0 rings (SSSR count). The van der Waals surface area contributed by atoms with Gasteiger partial charge >= 0.3 is 0 Å². The van der Waals surface area contributed by atoms with Crippen molar-refractivity contribution in [1.29, 1.82) is 0 Å². The molecule has 0 aromatic rings. The summed E-state index contributed by atoms with van der Waals surface area (Å²) in [6.45, 7) is 3.25. The fourth-order valence-electron chi connectivity index (χ4n) is 0.399. The van der Waals surface area contributed by atoms with Crippen molar-refractivity contribution in [3.63, 3.8) is 0 Å². The van der Waals surface area contributed by atoms with Gasteiger partial charge in [0, 0.05) is 6.26 Å². The molecule has 0 unspecified atom stereocenters. The minimum Gasteiger partial charge on any atom is -0.370 e. The highest BCUT2D eigenvalue weighted by Crippen LogP contribution is 2.14. The molecular weight excluding hydrogens is 178 g/mol. The molecule has 0 fully saturated rings. The Morgan fingerprint density at radius 2 is 1.83 bits per heavy atom. The smallest absolute Gasteiger partial charge is 0.185 e. The van der Waals surface area contributed by atoms with Crippen molar-refractivity contribution in [2.75, 3.05) is 12.8 Å². The van der Waals surface area contributed by atoms with Gasteiger partial charge in [-0.1, -0.05) is 0 Å². The molecule has 0 aromatic heterocycles. The third kappa shape index (κ3) is 3.08. The zero-order valence-electron chi connectivity index (χ0n) is 7.53. The fraction of sp³-hybridized carbons (Fsp3) is 0.833. The van der Waals surface area contributed by atoms with Crippen LogP contribution in [0, 0.1) is 0 Å². The van der Waals surface area contributed by atoms with Gasteiger partial charge in [-0.05, 0) is 13.8 Å². The summed E-state index contributed by atoms with van der Waals surface area (Å²) in [5, 5.41) is 0. The van der Waals surface area contributed by atoms with Gasteiger partial charge in [0.25, 0.3) is 0 Å². The van der Waals surface area contributed by atoms with Gasteiger partial charge in [0.1, 0.15) is 0 Å². The number of hydrogen-bond donors (Lipinski definition) is 2. The highest BCUT2D eigenvalue weighted by molar-refractivity contribution is 7.92. The first kappa shape index (κ1) is 11.2. The van der Waals surface area contributed by atoms with Gasteiger partial charge in [-0.2, -0.15) is 0 Å². The Morgan fingerprint density at radius 1 is 1.42 bits per heavy atom. The van der Waals surface area contributed by atoms with Crippen molar-refractivity contribution in [3.05, 3.63) is 0 Å². The molecule has 0 radical (unpaired) electrons. The molecule has 0 spiro atoms. The second-order valence-corrected chi connectivity index (χ2v) is 5.92. The number of guanidine groups is 1. The zero-order chi connectivity index (χ0) is 9.99. The van der Waals surface area contributed by atoms with Crippen LogP contribution in [0.3, 0.4) is 0 Å². The normalized spacial score (nSPS) is 12.6. The lowest BCUT2D eigenvalue weighted by molar-refractivity contribution is 0.555. The molecule has 0 saturated carbocycles. The molecule has 0 heterocycles. The Bertz CT molecular complexity index is 275. The number of nitrogens with zero attached hydrogens (tertiary/aromatic N) is 1. The molecule has 0 saturated heterocycles. The van der Waals surface area contributed by atoms with Crippen molar-refractivity contribution in [1.82, 2.24) is 0 Å². The van der Waals surface area contributed by atoms with E-state index in [0.29, 0.717) is 0 Å². The Labute approximate surface area is 72.8 Å². The third-order valence-electron chi connectivity index (χ3n) is 1.65. The van der Waals surface area contributed by atoms with Gasteiger partial charge in [0.15, 0.2) is 15.8 Å². The van der Waals surface area contributed by atoms with E-state index in [4.69, 9.17) is 11.5 Å². The first-order valence-electron chi connectivity index (χ1n) is 3.42. The predicted octanol–water partition coefficient (Wildman–Crippen LogP) is -0.917. The first-order valence-corrected chi connectivity index (χ1v) is 5.31. The van der Waals surface area contributed by atoms with E-state index in [-0.39, 0.29) is 12.5 Å². The minimum atomic E-state index is -3.12. The summed E-state index contributed by atoms with van der Waals surface area (Å²) in [5.41, 5.74) is 10.2. The molecule has 4 N–H and O–H groups in total. The van der Waals surface area contributed by atoms with Gasteiger partial charge in [-0.25, -0.2) is 8.42 Å². The van der Waals surface area contributed by atoms with E-state index >= 15 is 0 Å². The number of nitrogens with two attached hydrogens (primary N) is 2. The molecule has 6 heteroatoms. The summed E-state index contributed by atoms with van der Waals surface area (Å²) < 4.78 is 21.3. The Morgan fingerprint density at radius 3 is 2.08 bits per heavy atom. The molecule has 0 aliphatic heterocycles. The summed E-state index contributed by atoms with van der Waals surface area (Å²) in [6.07, 6.45) is 1.16. The standard InChI is InChI=1S/C6H15N3O2S/c1-6(2,12(3,10)11)4-9-5(7)8/h4H2,1-3H3,(H4,7,8,9). The second kappa shape index (κ2) is 3.30. The van der Waals surface area contributed by atoms with Crippen molar-refractivity contribution in [2.24, 2.45) is 16.5 Å². The monoisotopic (exact) mass is 193 g/mol. The van der Waals surface area contributed by atoms with E-state index < -0.39 is 14.6 Å². The SMILES string of the molecule is CC(C)(CN=C(N)N)S(C)(=O)=O. The van der Waals surface area contributed by atoms with E-state index in [9.17, 15) is 8.42 Å². The van der Waals surface area contributed by atoms with Crippen LogP contribution in [0.1, 0.15) is 13.8 Å². The highest BCUT2D eigenvalue weighted by Gasteiger charge is 2.29. The number of aliphatic imine (C=N–C) groups is 1. The van der Waals surface area contributed by atoms with Crippen molar-refractivity contribution in [2.45, 2.75) is 18.6 Å². The lowest BCUT2D eigenvalue weighted by Gasteiger charge is -2.19. The van der Waals surface area contributed by atoms with Crippen molar-refractivity contribution in [3.8, 4) is 0 Å². The average Bonchev–Trinajstić information content (AvgIpc) is 1.81. The van der Waals surface area contributed by atoms with E-state index in [1.165, 1.54) is 0 Å². The van der Waals surface area contributed by atoms with Crippen LogP contribution in [0.25, 0.3) is 0 Å². The van der Waals surface area contributed by atoms with E-state index in [2.05, 4.69) is 4.99 Å². The van der Waals surface area contributed by atoms with Gasteiger partial charge in [0.05, 0.1) is 11.3 Å². The molecule has 0 aliphatic rings. The van der Waals surface area contributed by atoms with Crippen LogP contribution < -0.4 is 11.5 Å². The molecule has 0 aromatic carbocycles. The quantitative estimate of drug-likeness (QED) is 0.447. The largest absolute Gasteiger partial charge is 0.370 e. The summed E-state index contributed by atoms with van der Waals surface area (Å²) in [5.74, 6) is -0.0910. The maximum absolute atomic E-state index is 11.1. The predicted molar refractivity (Wildman–Crippen MR) is 49.6 cm³/mol. The molecular formula is C6H15N3O2S. The van der Waals surface area contributed by atoms with Crippen molar-refractivity contribution < 1.29 is 8.42 Å². The van der Waals surface area contributed by atoms with Crippen LogP contribution in [-0.4, -0.2) is 31.9 Å². The highest BCUT2D eigenvalue weighted by atomic mass is 32.2. The van der Waals surface area contributed by atoms with Gasteiger partial charge in [-0.3, -0.25) is 4.99 Å². The summed E-state index contributed by atoms with van der Waals surface area (Å²) in [6, 6.07) is 0. The maximum atomic E-state index is 11.1. The molecule has 0 bridgehead atoms. The molecule has 72 valence electrons. The third-order valence-corrected chi connectivity index (χ3v) is 3.78. The minimum absolute atomic E-state index is 0.0910. The molecule has 0 atom stereocenters.